The van der Waals surface area contributed by atoms with E-state index in [0.29, 0.717) is 12.0 Å². The maximum atomic E-state index is 5.44. The van der Waals surface area contributed by atoms with E-state index in [9.17, 15) is 0 Å². The van der Waals surface area contributed by atoms with E-state index in [-0.39, 0.29) is 0 Å². The fraction of sp³-hybridized carbons (Fsp3) is 0.692. The van der Waals surface area contributed by atoms with E-state index < -0.39 is 0 Å². The average Bonchev–Trinajstić information content (AvgIpc) is 2.39. The molecule has 1 atom stereocenters. The average molecular weight is 235 g/mol. The molecule has 94 valence electrons. The molecule has 1 saturated heterocycles. The van der Waals surface area contributed by atoms with Gasteiger partial charge in [-0.15, -0.1) is 0 Å². The van der Waals surface area contributed by atoms with Crippen LogP contribution < -0.4 is 4.90 Å². The lowest BCUT2D eigenvalue weighted by Crippen LogP contribution is -2.39. The van der Waals surface area contributed by atoms with Gasteiger partial charge < -0.3 is 9.64 Å². The summed E-state index contributed by atoms with van der Waals surface area (Å²) in [5, 5.41) is 0. The van der Waals surface area contributed by atoms with E-state index >= 15 is 0 Å². The molecule has 1 fully saturated rings. The predicted octanol–water partition coefficient (Wildman–Crippen LogP) is 2.22. The van der Waals surface area contributed by atoms with Crippen molar-refractivity contribution in [2.45, 2.75) is 38.7 Å². The first kappa shape index (κ1) is 12.3. The Bertz CT molecular complexity index is 367. The lowest BCUT2D eigenvalue weighted by molar-refractivity contribution is 0.0891. The lowest BCUT2D eigenvalue weighted by atomic mass is 10.1. The van der Waals surface area contributed by atoms with Gasteiger partial charge in [0.1, 0.15) is 11.6 Å². The molecule has 4 heteroatoms. The molecule has 0 spiro atoms. The number of hydrogen-bond acceptors (Lipinski definition) is 4. The summed E-state index contributed by atoms with van der Waals surface area (Å²) in [6.45, 7) is 6.24. The van der Waals surface area contributed by atoms with E-state index in [1.165, 1.54) is 6.42 Å². The maximum absolute atomic E-state index is 5.44. The smallest absolute Gasteiger partial charge is 0.133 e. The normalized spacial score (nSPS) is 20.9. The molecule has 2 heterocycles. The van der Waals surface area contributed by atoms with E-state index in [2.05, 4.69) is 28.7 Å². The van der Waals surface area contributed by atoms with Crippen molar-refractivity contribution in [1.29, 1.82) is 0 Å². The van der Waals surface area contributed by atoms with Gasteiger partial charge in [-0.3, -0.25) is 0 Å². The van der Waals surface area contributed by atoms with Crippen molar-refractivity contribution in [2.75, 3.05) is 25.1 Å². The molecular formula is C13H21N3O. The summed E-state index contributed by atoms with van der Waals surface area (Å²) < 4.78 is 5.44. The third kappa shape index (κ3) is 2.94. The van der Waals surface area contributed by atoms with Gasteiger partial charge in [-0.1, -0.05) is 13.8 Å². The first-order chi connectivity index (χ1) is 8.20. The zero-order chi connectivity index (χ0) is 12.3. The van der Waals surface area contributed by atoms with Gasteiger partial charge in [0.25, 0.3) is 0 Å². The number of hydrogen-bond donors (Lipinski definition) is 0. The van der Waals surface area contributed by atoms with Crippen LogP contribution in [0, 0.1) is 0 Å². The predicted molar refractivity (Wildman–Crippen MR) is 68.4 cm³/mol. The van der Waals surface area contributed by atoms with Gasteiger partial charge in [0.05, 0.1) is 6.10 Å². The third-order valence-corrected chi connectivity index (χ3v) is 3.21. The Labute approximate surface area is 103 Å². The van der Waals surface area contributed by atoms with Crippen LogP contribution in [0.2, 0.25) is 0 Å². The van der Waals surface area contributed by atoms with Gasteiger partial charge in [-0.2, -0.15) is 0 Å². The Balaban J connectivity index is 2.13. The molecule has 0 N–H and O–H groups in total. The molecule has 4 nitrogen and oxygen atoms in total. The molecule has 2 rings (SSSR count). The highest BCUT2D eigenvalue weighted by molar-refractivity contribution is 5.38. The Morgan fingerprint density at radius 3 is 3.00 bits per heavy atom. The molecule has 0 aliphatic carbocycles. The first-order valence-corrected chi connectivity index (χ1v) is 6.31. The standard InChI is InChI=1S/C13H21N3O/c1-10(2)13-14-7-6-12(15-13)16-8-4-5-11(9-16)17-3/h6-7,10-11H,4-5,8-9H2,1-3H3. The van der Waals surface area contributed by atoms with Crippen LogP contribution in [0.3, 0.4) is 0 Å². The van der Waals surface area contributed by atoms with E-state index in [1.54, 1.807) is 7.11 Å². The zero-order valence-electron chi connectivity index (χ0n) is 10.9. The molecule has 17 heavy (non-hydrogen) atoms. The van der Waals surface area contributed by atoms with E-state index in [1.807, 2.05) is 12.3 Å². The second-order valence-electron chi connectivity index (χ2n) is 4.87. The molecule has 0 aromatic carbocycles. The van der Waals surface area contributed by atoms with E-state index in [4.69, 9.17) is 4.74 Å². The molecule has 0 bridgehead atoms. The lowest BCUT2D eigenvalue weighted by Gasteiger charge is -2.32. The summed E-state index contributed by atoms with van der Waals surface area (Å²) in [5.41, 5.74) is 0. The van der Waals surface area contributed by atoms with Crippen molar-refractivity contribution in [3.63, 3.8) is 0 Å². The number of nitrogens with zero attached hydrogens (tertiary/aromatic N) is 3. The quantitative estimate of drug-likeness (QED) is 0.805. The van der Waals surface area contributed by atoms with Crippen LogP contribution in [0.25, 0.3) is 0 Å². The van der Waals surface area contributed by atoms with Crippen LogP contribution >= 0.6 is 0 Å². The zero-order valence-corrected chi connectivity index (χ0v) is 10.9. The van der Waals surface area contributed by atoms with Crippen LogP contribution in [0.15, 0.2) is 12.3 Å². The topological polar surface area (TPSA) is 38.2 Å². The fourth-order valence-corrected chi connectivity index (χ4v) is 2.16. The molecule has 0 saturated carbocycles. The van der Waals surface area contributed by atoms with Gasteiger partial charge >= 0.3 is 0 Å². The van der Waals surface area contributed by atoms with Crippen molar-refractivity contribution < 1.29 is 4.74 Å². The number of piperidine rings is 1. The van der Waals surface area contributed by atoms with Crippen LogP contribution in [0.1, 0.15) is 38.4 Å². The minimum atomic E-state index is 0.334. The second kappa shape index (κ2) is 5.45. The highest BCUT2D eigenvalue weighted by atomic mass is 16.5. The summed E-state index contributed by atoms with van der Waals surface area (Å²) in [6, 6.07) is 1.99. The van der Waals surface area contributed by atoms with Crippen LogP contribution in [-0.2, 0) is 4.74 Å². The van der Waals surface area contributed by atoms with Crippen molar-refractivity contribution in [3.8, 4) is 0 Å². The number of aromatic nitrogens is 2. The second-order valence-corrected chi connectivity index (χ2v) is 4.87. The van der Waals surface area contributed by atoms with Crippen LogP contribution in [0.4, 0.5) is 5.82 Å². The Morgan fingerprint density at radius 1 is 1.47 bits per heavy atom. The number of ether oxygens (including phenoxy) is 1. The molecule has 1 aromatic heterocycles. The minimum Gasteiger partial charge on any atom is -0.380 e. The van der Waals surface area contributed by atoms with Crippen molar-refractivity contribution in [3.05, 3.63) is 18.1 Å². The molecule has 1 unspecified atom stereocenters. The van der Waals surface area contributed by atoms with Gasteiger partial charge in [0, 0.05) is 32.3 Å². The Kier molecular flexibility index (Phi) is 3.94. The molecule has 0 amide bonds. The van der Waals surface area contributed by atoms with Gasteiger partial charge in [-0.05, 0) is 18.9 Å². The Hall–Kier alpha value is -1.16. The Morgan fingerprint density at radius 2 is 2.29 bits per heavy atom. The third-order valence-electron chi connectivity index (χ3n) is 3.21. The van der Waals surface area contributed by atoms with Crippen molar-refractivity contribution in [2.24, 2.45) is 0 Å². The summed E-state index contributed by atoms with van der Waals surface area (Å²) in [7, 11) is 1.79. The van der Waals surface area contributed by atoms with Gasteiger partial charge in [0.2, 0.25) is 0 Å². The highest BCUT2D eigenvalue weighted by Gasteiger charge is 2.20. The first-order valence-electron chi connectivity index (χ1n) is 6.31. The highest BCUT2D eigenvalue weighted by Crippen LogP contribution is 2.20. The van der Waals surface area contributed by atoms with Crippen LogP contribution in [0.5, 0.6) is 0 Å². The van der Waals surface area contributed by atoms with Crippen molar-refractivity contribution >= 4 is 5.82 Å². The van der Waals surface area contributed by atoms with Gasteiger partial charge in [-0.25, -0.2) is 9.97 Å². The summed E-state index contributed by atoms with van der Waals surface area (Å²) in [6.07, 6.45) is 4.50. The van der Waals surface area contributed by atoms with E-state index in [0.717, 1.165) is 31.2 Å². The summed E-state index contributed by atoms with van der Waals surface area (Å²) >= 11 is 0. The van der Waals surface area contributed by atoms with Crippen LogP contribution in [-0.4, -0.2) is 36.3 Å². The fourth-order valence-electron chi connectivity index (χ4n) is 2.16. The molecular weight excluding hydrogens is 214 g/mol. The molecule has 1 aromatic rings. The molecule has 0 radical (unpaired) electrons. The molecule has 1 aliphatic rings. The molecule has 1 aliphatic heterocycles. The summed E-state index contributed by atoms with van der Waals surface area (Å²) in [5.74, 6) is 2.32. The number of anilines is 1. The summed E-state index contributed by atoms with van der Waals surface area (Å²) in [4.78, 5) is 11.2. The number of methoxy groups -OCH3 is 1. The van der Waals surface area contributed by atoms with Crippen molar-refractivity contribution in [1.82, 2.24) is 9.97 Å². The van der Waals surface area contributed by atoms with Gasteiger partial charge in [0.15, 0.2) is 0 Å². The minimum absolute atomic E-state index is 0.334. The largest absolute Gasteiger partial charge is 0.380 e. The maximum Gasteiger partial charge on any atom is 0.133 e. The monoisotopic (exact) mass is 235 g/mol. The SMILES string of the molecule is COC1CCCN(c2ccnc(C(C)C)n2)C1. The number of rotatable bonds is 3.